The first-order chi connectivity index (χ1) is 44.2. The van der Waals surface area contributed by atoms with E-state index in [4.69, 9.17) is 9.47 Å². The second-order valence-electron chi connectivity index (χ2n) is 24.3. The lowest BCUT2D eigenvalue weighted by atomic mass is 9.99. The van der Waals surface area contributed by atoms with E-state index in [-0.39, 0.29) is 160 Å². The molecule has 93 heavy (non-hydrogen) atoms. The molecule has 2 aromatic carbocycles. The Hall–Kier alpha value is -8.42. The van der Waals surface area contributed by atoms with Crippen LogP contribution in [0.2, 0.25) is 0 Å². The number of nitrogens with one attached hydrogen (secondary N) is 6. The Bertz CT molecular complexity index is 3000. The van der Waals surface area contributed by atoms with Crippen LogP contribution in [0.5, 0.6) is 11.5 Å². The van der Waals surface area contributed by atoms with Gasteiger partial charge in [-0.15, -0.1) is 0 Å². The number of ketones is 1. The van der Waals surface area contributed by atoms with Crippen molar-refractivity contribution in [2.75, 3.05) is 119 Å². The molecule has 1 unspecified atom stereocenters. The van der Waals surface area contributed by atoms with Crippen LogP contribution < -0.4 is 41.4 Å². The predicted octanol–water partition coefficient (Wildman–Crippen LogP) is -0.980. The van der Waals surface area contributed by atoms with Crippen LogP contribution in [0.3, 0.4) is 0 Å². The van der Waals surface area contributed by atoms with Crippen molar-refractivity contribution in [2.24, 2.45) is 11.8 Å². The third-order valence-electron chi connectivity index (χ3n) is 16.7. The minimum atomic E-state index is -3.51. The van der Waals surface area contributed by atoms with Crippen LogP contribution in [-0.4, -0.2) is 259 Å². The highest BCUT2D eigenvalue weighted by atomic mass is 19.3. The van der Waals surface area contributed by atoms with Crippen LogP contribution in [-0.2, 0) is 83.6 Å². The fraction of sp³-hybridized carbons (Fsp3) is 0.613. The third kappa shape index (κ3) is 23.6. The molecular weight excluding hydrogens is 1220 g/mol. The van der Waals surface area contributed by atoms with Gasteiger partial charge in [-0.05, 0) is 78.8 Å². The van der Waals surface area contributed by atoms with E-state index in [1.807, 2.05) is 30.9 Å². The zero-order valence-electron chi connectivity index (χ0n) is 53.1. The largest absolute Gasteiger partial charge is 0.493 e. The minimum Gasteiger partial charge on any atom is -0.493 e. The molecule has 29 nitrogen and oxygen atoms in total. The molecule has 512 valence electrons. The standard InChI is InChI=1S/C62H88F2N12O17/c1-39(2)15-17-66-59(89)45(10-5-6-16-65-51(78)34-71-18-20-72(35-54(81)82)22-24-74(37-56(85)86)25-23-73(21-19-71)36-55(83)84)69-50(77)14-12-41-8-7-9-42-32-75(33-44(41)42)52(79)28-43-27-46(70-58(43)88)60(90)68-31-53(80)76-38-62(63,64)29-47(76)57(87)61(91)67-30-40-11-13-48(92-3)49(26-40)93-4/h7-9,11,13,26,39,43,45-47H,5-6,10,12,14-25,27-38H2,1-4H3,(H,65,78)(H,66,89)(H,67,91)(H,68,90)(H,69,77)(H,70,88)(H,81,82)(H,83,84)(H,85,86)/t43-,45?,46-,47-/m0/s1. The van der Waals surface area contributed by atoms with Gasteiger partial charge in [-0.2, -0.15) is 0 Å². The zero-order chi connectivity index (χ0) is 67.9. The number of benzene rings is 2. The first-order valence-electron chi connectivity index (χ1n) is 31.3. The number of Topliss-reactive ketones (excluding diaryl/α,β-unsaturated/α-hetero) is 1. The Morgan fingerprint density at radius 2 is 1.31 bits per heavy atom. The maximum absolute atomic E-state index is 14.7. The summed E-state index contributed by atoms with van der Waals surface area (Å²) in [4.78, 5) is 164. The van der Waals surface area contributed by atoms with Gasteiger partial charge in [-0.1, -0.05) is 38.1 Å². The lowest BCUT2D eigenvalue weighted by Crippen LogP contribution is -2.51. The molecule has 0 bridgehead atoms. The van der Waals surface area contributed by atoms with Crippen molar-refractivity contribution in [1.29, 1.82) is 0 Å². The molecule has 0 aromatic heterocycles. The molecule has 31 heteroatoms. The number of carboxylic acid groups (broad SMARTS) is 3. The number of carbonyl (C=O) groups is 12. The van der Waals surface area contributed by atoms with Gasteiger partial charge in [0.2, 0.25) is 47.1 Å². The number of carbonyl (C=O) groups excluding carboxylic acids is 9. The number of halogens is 2. The van der Waals surface area contributed by atoms with Gasteiger partial charge in [0, 0.05) is 110 Å². The van der Waals surface area contributed by atoms with Gasteiger partial charge in [-0.3, -0.25) is 77.1 Å². The normalized spacial score (nSPS) is 19.3. The molecule has 0 saturated carbocycles. The fourth-order valence-corrected chi connectivity index (χ4v) is 11.6. The number of aryl methyl sites for hydroxylation is 1. The molecule has 4 aliphatic heterocycles. The summed E-state index contributed by atoms with van der Waals surface area (Å²) in [6.07, 6.45) is 0.620. The van der Waals surface area contributed by atoms with Crippen molar-refractivity contribution < 1.29 is 91.1 Å². The van der Waals surface area contributed by atoms with E-state index in [1.165, 1.54) is 14.2 Å². The molecule has 4 atom stereocenters. The van der Waals surface area contributed by atoms with Crippen LogP contribution in [0.15, 0.2) is 36.4 Å². The molecule has 0 aliphatic carbocycles. The van der Waals surface area contributed by atoms with Crippen molar-refractivity contribution >= 4 is 70.9 Å². The average Bonchev–Trinajstić information content (AvgIpc) is 1.68. The number of hydrogen-bond donors (Lipinski definition) is 9. The van der Waals surface area contributed by atoms with Crippen molar-refractivity contribution in [3.63, 3.8) is 0 Å². The Kier molecular flexibility index (Phi) is 28.2. The average molecular weight is 1310 g/mol. The Morgan fingerprint density at radius 3 is 1.90 bits per heavy atom. The molecule has 9 N–H and O–H groups in total. The van der Waals surface area contributed by atoms with E-state index in [1.54, 1.807) is 43.9 Å². The second-order valence-corrected chi connectivity index (χ2v) is 24.3. The third-order valence-corrected chi connectivity index (χ3v) is 16.7. The van der Waals surface area contributed by atoms with E-state index < -0.39 is 96.8 Å². The molecule has 0 radical (unpaired) electrons. The highest BCUT2D eigenvalue weighted by Gasteiger charge is 2.51. The van der Waals surface area contributed by atoms with Crippen molar-refractivity contribution in [3.05, 3.63) is 58.7 Å². The Labute approximate surface area is 537 Å². The monoisotopic (exact) mass is 1310 g/mol. The van der Waals surface area contributed by atoms with Crippen LogP contribution in [0.4, 0.5) is 8.78 Å². The van der Waals surface area contributed by atoms with Gasteiger partial charge in [0.1, 0.15) is 18.1 Å². The molecule has 0 spiro atoms. The number of carboxylic acids is 3. The summed E-state index contributed by atoms with van der Waals surface area (Å²) in [5.74, 6) is -13.0. The number of methoxy groups -OCH3 is 2. The van der Waals surface area contributed by atoms with Crippen LogP contribution in [0.25, 0.3) is 0 Å². The summed E-state index contributed by atoms with van der Waals surface area (Å²) < 4.78 is 39.9. The van der Waals surface area contributed by atoms with Gasteiger partial charge < -0.3 is 66.5 Å². The first kappa shape index (κ1) is 73.6. The van der Waals surface area contributed by atoms with Crippen LogP contribution in [0, 0.1) is 11.8 Å². The van der Waals surface area contributed by atoms with Crippen LogP contribution >= 0.6 is 0 Å². The summed E-state index contributed by atoms with van der Waals surface area (Å²) in [5, 5.41) is 44.5. The Morgan fingerprint density at radius 1 is 0.699 bits per heavy atom. The molecule has 6 rings (SSSR count). The summed E-state index contributed by atoms with van der Waals surface area (Å²) in [6, 6.07) is 6.34. The number of aliphatic carboxylic acids is 3. The summed E-state index contributed by atoms with van der Waals surface area (Å²) in [5.41, 5.74) is 2.96. The van der Waals surface area contributed by atoms with Crippen molar-refractivity contribution in [3.8, 4) is 11.5 Å². The maximum atomic E-state index is 14.7. The van der Waals surface area contributed by atoms with Crippen LogP contribution in [0.1, 0.15) is 87.5 Å². The number of likely N-dealkylation sites (tertiary alicyclic amines) is 1. The Balaban J connectivity index is 0.949. The second kappa shape index (κ2) is 35.6. The highest BCUT2D eigenvalue weighted by molar-refractivity contribution is 6.38. The SMILES string of the molecule is COc1ccc(CNC(=O)C(=O)[C@@H]2CC(F)(F)CN2C(=O)CNC(=O)[C@@H]2C[C@@H](CC(=O)N3Cc4cccc(CCC(=O)NC(CCCCNC(=O)CN5CCN(CC(=O)O)CCN(CC(=O)O)CCN(CC(=O)O)CC5)C(=O)NCCC(C)C)c4C3)C(=O)N2)cc1OC. The smallest absolute Gasteiger partial charge is 0.317 e. The number of hydrogen-bond acceptors (Lipinski definition) is 18. The zero-order valence-corrected chi connectivity index (χ0v) is 53.1. The summed E-state index contributed by atoms with van der Waals surface area (Å²) >= 11 is 0. The van der Waals surface area contributed by atoms with Gasteiger partial charge in [0.25, 0.3) is 11.8 Å². The van der Waals surface area contributed by atoms with E-state index >= 15 is 0 Å². The van der Waals surface area contributed by atoms with Gasteiger partial charge in [0.15, 0.2) is 11.5 Å². The number of nitrogens with zero attached hydrogens (tertiary/aromatic N) is 6. The van der Waals surface area contributed by atoms with Gasteiger partial charge >= 0.3 is 17.9 Å². The topological polar surface area (TPSA) is 376 Å². The van der Waals surface area contributed by atoms with Crippen molar-refractivity contribution in [1.82, 2.24) is 61.3 Å². The van der Waals surface area contributed by atoms with Gasteiger partial charge in [0.05, 0.1) is 53.5 Å². The van der Waals surface area contributed by atoms with Gasteiger partial charge in [-0.25, -0.2) is 8.78 Å². The molecule has 2 aromatic rings. The number of unbranched alkanes of at least 4 members (excludes halogenated alkanes) is 1. The molecule has 3 fully saturated rings. The molecule has 4 heterocycles. The van der Waals surface area contributed by atoms with Crippen molar-refractivity contribution in [2.45, 2.75) is 115 Å². The lowest BCUT2D eigenvalue weighted by molar-refractivity contribution is -0.144. The number of alkyl halides is 2. The highest BCUT2D eigenvalue weighted by Crippen LogP contribution is 2.34. The minimum absolute atomic E-state index is 0.00162. The fourth-order valence-electron chi connectivity index (χ4n) is 11.6. The van der Waals surface area contributed by atoms with E-state index in [9.17, 15) is 81.6 Å². The number of fused-ring (bicyclic) bond motifs is 1. The maximum Gasteiger partial charge on any atom is 0.317 e. The number of amides is 8. The molecule has 3 saturated heterocycles. The molecule has 4 aliphatic rings. The first-order valence-corrected chi connectivity index (χ1v) is 31.3. The summed E-state index contributed by atoms with van der Waals surface area (Å²) in [6.45, 7) is 3.89. The lowest BCUT2D eigenvalue weighted by Gasteiger charge is -2.32. The number of ether oxygens (including phenoxy) is 2. The molecular formula is C62H88F2N12O17. The van der Waals surface area contributed by atoms with E-state index in [0.29, 0.717) is 53.7 Å². The summed E-state index contributed by atoms with van der Waals surface area (Å²) in [7, 11) is 2.84. The predicted molar refractivity (Wildman–Crippen MR) is 328 cm³/mol. The number of rotatable bonds is 32. The van der Waals surface area contributed by atoms with E-state index in [2.05, 4.69) is 31.9 Å². The van der Waals surface area contributed by atoms with E-state index in [0.717, 1.165) is 16.7 Å². The quantitative estimate of drug-likeness (QED) is 0.0314. The molecule has 8 amide bonds.